The molecule has 1 atom stereocenters. The van der Waals surface area contributed by atoms with Gasteiger partial charge in [-0.1, -0.05) is 27.2 Å². The molecule has 2 aliphatic rings. The number of piperidine rings is 1. The molecular formula is C20H31N3O2S. The highest BCUT2D eigenvalue weighted by Gasteiger charge is 2.29. The molecule has 2 fully saturated rings. The molecule has 0 aromatic carbocycles. The summed E-state index contributed by atoms with van der Waals surface area (Å²) < 4.78 is 0. The van der Waals surface area contributed by atoms with Gasteiger partial charge in [-0.05, 0) is 31.1 Å². The molecule has 0 spiro atoms. The monoisotopic (exact) mass is 377 g/mol. The quantitative estimate of drug-likeness (QED) is 0.851. The first-order chi connectivity index (χ1) is 12.3. The van der Waals surface area contributed by atoms with Gasteiger partial charge < -0.3 is 10.2 Å². The van der Waals surface area contributed by atoms with Gasteiger partial charge in [-0.2, -0.15) is 0 Å². The van der Waals surface area contributed by atoms with Gasteiger partial charge in [-0.3, -0.25) is 9.59 Å². The first-order valence-electron chi connectivity index (χ1n) is 9.81. The van der Waals surface area contributed by atoms with Gasteiger partial charge >= 0.3 is 0 Å². The number of amides is 2. The van der Waals surface area contributed by atoms with Crippen molar-refractivity contribution in [3.63, 3.8) is 0 Å². The van der Waals surface area contributed by atoms with E-state index in [0.717, 1.165) is 49.5 Å². The lowest BCUT2D eigenvalue weighted by Gasteiger charge is -2.33. The van der Waals surface area contributed by atoms with Crippen molar-refractivity contribution >= 4 is 23.2 Å². The zero-order valence-corrected chi connectivity index (χ0v) is 17.0. The minimum atomic E-state index is 0.0248. The first kappa shape index (κ1) is 19.3. The van der Waals surface area contributed by atoms with Crippen LogP contribution in [0.1, 0.15) is 75.9 Å². The number of likely N-dealkylation sites (tertiary alicyclic amines) is 1. The number of rotatable bonds is 5. The van der Waals surface area contributed by atoms with Crippen molar-refractivity contribution in [1.29, 1.82) is 0 Å². The van der Waals surface area contributed by atoms with E-state index in [1.54, 1.807) is 11.3 Å². The van der Waals surface area contributed by atoms with Crippen molar-refractivity contribution in [2.75, 3.05) is 13.1 Å². The third-order valence-electron chi connectivity index (χ3n) is 5.29. The Morgan fingerprint density at radius 2 is 2.04 bits per heavy atom. The van der Waals surface area contributed by atoms with E-state index >= 15 is 0 Å². The van der Waals surface area contributed by atoms with E-state index in [1.165, 1.54) is 6.42 Å². The molecule has 1 saturated carbocycles. The molecule has 6 heteroatoms. The van der Waals surface area contributed by atoms with E-state index in [2.05, 4.69) is 26.1 Å². The summed E-state index contributed by atoms with van der Waals surface area (Å²) in [6, 6.07) is 0. The van der Waals surface area contributed by atoms with Crippen LogP contribution >= 0.6 is 11.3 Å². The fraction of sp³-hybridized carbons (Fsp3) is 0.750. The molecule has 1 aromatic rings. The molecule has 3 rings (SSSR count). The van der Waals surface area contributed by atoms with Crippen LogP contribution in [0.3, 0.4) is 0 Å². The van der Waals surface area contributed by atoms with Gasteiger partial charge in [0.05, 0.1) is 17.2 Å². The molecule has 1 N–H and O–H groups in total. The van der Waals surface area contributed by atoms with Crippen LogP contribution in [-0.2, 0) is 16.1 Å². The summed E-state index contributed by atoms with van der Waals surface area (Å²) in [6.07, 6.45) is 5.93. The number of carbonyl (C=O) groups is 2. The summed E-state index contributed by atoms with van der Waals surface area (Å²) >= 11 is 1.66. The van der Waals surface area contributed by atoms with Crippen molar-refractivity contribution in [3.05, 3.63) is 16.1 Å². The van der Waals surface area contributed by atoms with Crippen LogP contribution < -0.4 is 5.32 Å². The van der Waals surface area contributed by atoms with Crippen LogP contribution in [0.25, 0.3) is 0 Å². The fourth-order valence-electron chi connectivity index (χ4n) is 3.55. The van der Waals surface area contributed by atoms with Crippen LogP contribution in [-0.4, -0.2) is 34.8 Å². The van der Waals surface area contributed by atoms with Crippen LogP contribution in [0.5, 0.6) is 0 Å². The number of hydrogen-bond donors (Lipinski definition) is 1. The molecule has 26 heavy (non-hydrogen) atoms. The predicted molar refractivity (Wildman–Crippen MR) is 104 cm³/mol. The maximum absolute atomic E-state index is 12.5. The van der Waals surface area contributed by atoms with E-state index in [1.807, 2.05) is 10.3 Å². The lowest BCUT2D eigenvalue weighted by Crippen LogP contribution is -2.40. The molecule has 1 aliphatic heterocycles. The normalized spacial score (nSPS) is 21.3. The van der Waals surface area contributed by atoms with E-state index in [-0.39, 0.29) is 23.1 Å². The molecule has 1 saturated heterocycles. The standard InChI is InChI=1S/C20H31N3O2S/c1-20(2,3)10-17(24)23-9-5-8-15(12-23)19-22-16(13-26-19)11-21-18(25)14-6-4-7-14/h13-15H,4-12H2,1-3H3,(H,21,25)/t15-/m1/s1. The fourth-order valence-corrected chi connectivity index (χ4v) is 4.50. The molecule has 0 unspecified atom stereocenters. The molecule has 2 heterocycles. The van der Waals surface area contributed by atoms with E-state index in [0.29, 0.717) is 18.9 Å². The number of nitrogens with zero attached hydrogens (tertiary/aromatic N) is 2. The second-order valence-electron chi connectivity index (χ2n) is 8.94. The number of nitrogens with one attached hydrogen (secondary N) is 1. The average Bonchev–Trinajstić information content (AvgIpc) is 2.99. The van der Waals surface area contributed by atoms with Crippen LogP contribution in [0.15, 0.2) is 5.38 Å². The molecule has 5 nitrogen and oxygen atoms in total. The number of carbonyl (C=O) groups excluding carboxylic acids is 2. The number of aromatic nitrogens is 1. The SMILES string of the molecule is CC(C)(C)CC(=O)N1CCC[C@@H](c2nc(CNC(=O)C3CCC3)cs2)C1. The maximum atomic E-state index is 12.5. The Morgan fingerprint density at radius 3 is 2.69 bits per heavy atom. The number of hydrogen-bond acceptors (Lipinski definition) is 4. The summed E-state index contributed by atoms with van der Waals surface area (Å²) in [5, 5.41) is 6.16. The zero-order valence-electron chi connectivity index (χ0n) is 16.2. The topological polar surface area (TPSA) is 62.3 Å². The highest BCUT2D eigenvalue weighted by atomic mass is 32.1. The Labute approximate surface area is 160 Å². The minimum Gasteiger partial charge on any atom is -0.350 e. The van der Waals surface area contributed by atoms with Gasteiger partial charge in [0.2, 0.25) is 11.8 Å². The van der Waals surface area contributed by atoms with Gasteiger partial charge in [0.1, 0.15) is 0 Å². The largest absolute Gasteiger partial charge is 0.350 e. The molecular weight excluding hydrogens is 346 g/mol. The van der Waals surface area contributed by atoms with Crippen molar-refractivity contribution in [2.24, 2.45) is 11.3 Å². The highest BCUT2D eigenvalue weighted by molar-refractivity contribution is 7.09. The van der Waals surface area contributed by atoms with Gasteiger partial charge in [0.15, 0.2) is 0 Å². The second kappa shape index (κ2) is 8.07. The molecule has 1 aliphatic carbocycles. The van der Waals surface area contributed by atoms with Gasteiger partial charge in [-0.15, -0.1) is 11.3 Å². The zero-order chi connectivity index (χ0) is 18.7. The minimum absolute atomic E-state index is 0.0248. The number of thiazole rings is 1. The van der Waals surface area contributed by atoms with E-state index < -0.39 is 0 Å². The van der Waals surface area contributed by atoms with Gasteiger partial charge in [-0.25, -0.2) is 4.98 Å². The lowest BCUT2D eigenvalue weighted by atomic mass is 9.85. The Hall–Kier alpha value is -1.43. The average molecular weight is 378 g/mol. The van der Waals surface area contributed by atoms with Crippen molar-refractivity contribution in [3.8, 4) is 0 Å². The van der Waals surface area contributed by atoms with Crippen molar-refractivity contribution in [1.82, 2.24) is 15.2 Å². The van der Waals surface area contributed by atoms with Gasteiger partial charge in [0.25, 0.3) is 0 Å². The Balaban J connectivity index is 1.53. The molecule has 0 bridgehead atoms. The third-order valence-corrected chi connectivity index (χ3v) is 6.35. The highest BCUT2D eigenvalue weighted by Crippen LogP contribution is 2.31. The second-order valence-corrected chi connectivity index (χ2v) is 9.83. The predicted octanol–water partition coefficient (Wildman–Crippen LogP) is 3.70. The Kier molecular flexibility index (Phi) is 6.00. The summed E-state index contributed by atoms with van der Waals surface area (Å²) in [4.78, 5) is 31.2. The molecule has 144 valence electrons. The van der Waals surface area contributed by atoms with Crippen molar-refractivity contribution < 1.29 is 9.59 Å². The van der Waals surface area contributed by atoms with Crippen LogP contribution in [0, 0.1) is 11.3 Å². The molecule has 1 aromatic heterocycles. The van der Waals surface area contributed by atoms with Crippen LogP contribution in [0.4, 0.5) is 0 Å². The third kappa shape index (κ3) is 5.06. The molecule has 0 radical (unpaired) electrons. The van der Waals surface area contributed by atoms with Crippen molar-refractivity contribution in [2.45, 2.75) is 71.8 Å². The van der Waals surface area contributed by atoms with Crippen LogP contribution in [0.2, 0.25) is 0 Å². The van der Waals surface area contributed by atoms with E-state index in [9.17, 15) is 9.59 Å². The summed E-state index contributed by atoms with van der Waals surface area (Å²) in [5.74, 6) is 0.969. The lowest BCUT2D eigenvalue weighted by molar-refractivity contribution is -0.134. The smallest absolute Gasteiger partial charge is 0.223 e. The molecule has 2 amide bonds. The summed E-state index contributed by atoms with van der Waals surface area (Å²) in [7, 11) is 0. The summed E-state index contributed by atoms with van der Waals surface area (Å²) in [6.45, 7) is 8.48. The Bertz CT molecular complexity index is 646. The van der Waals surface area contributed by atoms with Gasteiger partial charge in [0, 0.05) is 36.7 Å². The Morgan fingerprint density at radius 1 is 1.27 bits per heavy atom. The first-order valence-corrected chi connectivity index (χ1v) is 10.7. The summed E-state index contributed by atoms with van der Waals surface area (Å²) in [5.41, 5.74) is 0.965. The van der Waals surface area contributed by atoms with E-state index in [4.69, 9.17) is 4.98 Å². The maximum Gasteiger partial charge on any atom is 0.223 e.